The molecule has 3 aromatic carbocycles. The van der Waals surface area contributed by atoms with Crippen LogP contribution in [0.4, 0.5) is 0 Å². The SMILES string of the molecule is C[C@H](/C(=C(/O[Si](C)(C)C)c1ccccc1)[Si@@](C)(COCc1ccccc1)C(C)(C)C)c1ccccc1. The molecule has 0 radical (unpaired) electrons. The maximum atomic E-state index is 7.03. The van der Waals surface area contributed by atoms with Crippen LogP contribution in [0.3, 0.4) is 0 Å². The molecule has 3 rings (SSSR count). The van der Waals surface area contributed by atoms with E-state index in [-0.39, 0.29) is 11.0 Å². The molecular formula is C32H44O2Si2. The smallest absolute Gasteiger partial charge is 0.242 e. The lowest BCUT2D eigenvalue weighted by Crippen LogP contribution is -2.50. The van der Waals surface area contributed by atoms with Gasteiger partial charge in [0.2, 0.25) is 8.32 Å². The van der Waals surface area contributed by atoms with Crippen LogP contribution in [0.5, 0.6) is 0 Å². The van der Waals surface area contributed by atoms with Gasteiger partial charge >= 0.3 is 0 Å². The van der Waals surface area contributed by atoms with Crippen LogP contribution < -0.4 is 0 Å². The van der Waals surface area contributed by atoms with Gasteiger partial charge in [0.1, 0.15) is 13.8 Å². The molecule has 0 aliphatic rings. The zero-order valence-electron chi connectivity index (χ0n) is 23.5. The summed E-state index contributed by atoms with van der Waals surface area (Å²) < 4.78 is 13.6. The molecular weight excluding hydrogens is 473 g/mol. The van der Waals surface area contributed by atoms with E-state index in [1.807, 2.05) is 0 Å². The second-order valence-corrected chi connectivity index (χ2v) is 21.4. The highest BCUT2D eigenvalue weighted by molar-refractivity contribution is 6.89. The molecule has 0 aliphatic carbocycles. The second-order valence-electron chi connectivity index (χ2n) is 12.0. The highest BCUT2D eigenvalue weighted by atomic mass is 28.4. The van der Waals surface area contributed by atoms with Gasteiger partial charge in [-0.15, -0.1) is 0 Å². The van der Waals surface area contributed by atoms with Gasteiger partial charge in [0.15, 0.2) is 0 Å². The number of hydrogen-bond acceptors (Lipinski definition) is 2. The minimum absolute atomic E-state index is 0.0604. The van der Waals surface area contributed by atoms with Crippen molar-refractivity contribution in [2.24, 2.45) is 0 Å². The molecule has 0 aliphatic heterocycles. The number of allylic oxidation sites excluding steroid dienone is 1. The molecule has 0 heterocycles. The first kappa shape index (κ1) is 28.2. The monoisotopic (exact) mass is 516 g/mol. The van der Waals surface area contributed by atoms with Crippen molar-refractivity contribution >= 4 is 22.2 Å². The predicted molar refractivity (Wildman–Crippen MR) is 160 cm³/mol. The van der Waals surface area contributed by atoms with Gasteiger partial charge < -0.3 is 9.16 Å². The van der Waals surface area contributed by atoms with Gasteiger partial charge in [0.25, 0.3) is 0 Å². The predicted octanol–water partition coefficient (Wildman–Crippen LogP) is 9.23. The third-order valence-corrected chi connectivity index (χ3v) is 13.9. The third kappa shape index (κ3) is 7.09. The largest absolute Gasteiger partial charge is 0.544 e. The molecule has 0 saturated carbocycles. The van der Waals surface area contributed by atoms with E-state index in [2.05, 4.69) is 145 Å². The molecule has 2 atom stereocenters. The van der Waals surface area contributed by atoms with E-state index in [1.54, 1.807) is 0 Å². The highest BCUT2D eigenvalue weighted by Crippen LogP contribution is 2.49. The van der Waals surface area contributed by atoms with Crippen LogP contribution in [0.1, 0.15) is 50.3 Å². The van der Waals surface area contributed by atoms with Crippen molar-refractivity contribution in [3.63, 3.8) is 0 Å². The topological polar surface area (TPSA) is 18.5 Å². The second kappa shape index (κ2) is 11.8. The lowest BCUT2D eigenvalue weighted by molar-refractivity contribution is 0.156. The van der Waals surface area contributed by atoms with Crippen LogP contribution >= 0.6 is 0 Å². The van der Waals surface area contributed by atoms with Crippen LogP contribution in [0.25, 0.3) is 5.76 Å². The van der Waals surface area contributed by atoms with Gasteiger partial charge in [-0.1, -0.05) is 125 Å². The van der Waals surface area contributed by atoms with Crippen molar-refractivity contribution < 1.29 is 9.16 Å². The molecule has 0 amide bonds. The standard InChI is InChI=1S/C32H44O2Si2/c1-26(28-20-14-10-15-21-28)31(30(34-35(5,6)7)29-22-16-11-17-23-29)36(8,32(2,3)4)25-33-24-27-18-12-9-13-19-27/h9-23,26H,24-25H2,1-8H3/b31-30-/t26-,36+/m0/s1. The van der Waals surface area contributed by atoms with Crippen LogP contribution in [0.2, 0.25) is 31.2 Å². The summed E-state index contributed by atoms with van der Waals surface area (Å²) in [5.41, 5.74) is 3.71. The van der Waals surface area contributed by atoms with Crippen LogP contribution in [0.15, 0.2) is 96.2 Å². The van der Waals surface area contributed by atoms with Crippen LogP contribution in [-0.2, 0) is 15.8 Å². The summed E-state index contributed by atoms with van der Waals surface area (Å²) in [5.74, 6) is 1.30. The Morgan fingerprint density at radius 1 is 0.750 bits per heavy atom. The average molecular weight is 517 g/mol. The van der Waals surface area contributed by atoms with Gasteiger partial charge in [0, 0.05) is 17.7 Å². The summed E-state index contributed by atoms with van der Waals surface area (Å²) in [4.78, 5) is 0. The normalized spacial score (nSPS) is 15.6. The fraction of sp³-hybridized carbons (Fsp3) is 0.375. The van der Waals surface area contributed by atoms with Gasteiger partial charge in [-0.2, -0.15) is 0 Å². The van der Waals surface area contributed by atoms with Crippen molar-refractivity contribution in [1.82, 2.24) is 0 Å². The molecule has 2 nitrogen and oxygen atoms in total. The summed E-state index contributed by atoms with van der Waals surface area (Å²) >= 11 is 0. The maximum absolute atomic E-state index is 7.03. The Bertz CT molecular complexity index is 1110. The molecule has 0 aromatic heterocycles. The molecule has 0 bridgehead atoms. The van der Waals surface area contributed by atoms with Crippen molar-refractivity contribution in [2.75, 3.05) is 6.23 Å². The fourth-order valence-corrected chi connectivity index (χ4v) is 9.31. The van der Waals surface area contributed by atoms with E-state index in [0.29, 0.717) is 6.61 Å². The van der Waals surface area contributed by atoms with Crippen molar-refractivity contribution in [3.8, 4) is 0 Å². The van der Waals surface area contributed by atoms with Gasteiger partial charge in [0.05, 0.1) is 6.61 Å². The number of benzene rings is 3. The van der Waals surface area contributed by atoms with Crippen LogP contribution in [0, 0.1) is 0 Å². The molecule has 0 N–H and O–H groups in total. The fourth-order valence-electron chi connectivity index (χ4n) is 4.64. The van der Waals surface area contributed by atoms with Crippen LogP contribution in [-0.4, -0.2) is 22.6 Å². The van der Waals surface area contributed by atoms with E-state index in [4.69, 9.17) is 9.16 Å². The summed E-state index contributed by atoms with van der Waals surface area (Å²) in [5, 5.41) is 1.51. The lowest BCUT2D eigenvalue weighted by atomic mass is 9.98. The van der Waals surface area contributed by atoms with Crippen molar-refractivity contribution in [2.45, 2.75) is 71.4 Å². The van der Waals surface area contributed by atoms with Gasteiger partial charge in [-0.05, 0) is 41.0 Å². The lowest BCUT2D eigenvalue weighted by Gasteiger charge is -2.45. The Labute approximate surface area is 221 Å². The minimum Gasteiger partial charge on any atom is -0.544 e. The molecule has 36 heavy (non-hydrogen) atoms. The van der Waals surface area contributed by atoms with Gasteiger partial charge in [-0.25, -0.2) is 0 Å². The average Bonchev–Trinajstić information content (AvgIpc) is 2.84. The molecule has 0 unspecified atom stereocenters. The Morgan fingerprint density at radius 3 is 1.75 bits per heavy atom. The minimum atomic E-state index is -2.27. The number of hydrogen-bond donors (Lipinski definition) is 0. The van der Waals surface area contributed by atoms with E-state index >= 15 is 0 Å². The first-order valence-electron chi connectivity index (χ1n) is 13.1. The highest BCUT2D eigenvalue weighted by Gasteiger charge is 2.48. The van der Waals surface area contributed by atoms with E-state index < -0.39 is 16.4 Å². The Morgan fingerprint density at radius 2 is 1.25 bits per heavy atom. The summed E-state index contributed by atoms with van der Waals surface area (Å²) in [6, 6.07) is 32.1. The quantitative estimate of drug-likeness (QED) is 0.197. The van der Waals surface area contributed by atoms with Crippen molar-refractivity contribution in [1.29, 1.82) is 0 Å². The molecule has 0 fully saturated rings. The van der Waals surface area contributed by atoms with E-state index in [0.717, 1.165) is 12.0 Å². The number of rotatable bonds is 10. The third-order valence-electron chi connectivity index (χ3n) is 7.17. The Hall–Kier alpha value is -2.41. The molecule has 0 saturated heterocycles. The van der Waals surface area contributed by atoms with Gasteiger partial charge in [-0.3, -0.25) is 0 Å². The zero-order valence-corrected chi connectivity index (χ0v) is 25.5. The molecule has 0 spiro atoms. The first-order chi connectivity index (χ1) is 16.9. The van der Waals surface area contributed by atoms with E-state index in [1.165, 1.54) is 21.9 Å². The zero-order chi connectivity index (χ0) is 26.4. The Balaban J connectivity index is 2.22. The van der Waals surface area contributed by atoms with E-state index in [9.17, 15) is 0 Å². The summed E-state index contributed by atoms with van der Waals surface area (Å²) in [6.07, 6.45) is 0.739. The molecule has 3 aromatic rings. The summed E-state index contributed by atoms with van der Waals surface area (Å²) in [6.45, 7) is 19.5. The Kier molecular flexibility index (Phi) is 9.20. The number of ether oxygens (including phenoxy) is 1. The van der Waals surface area contributed by atoms with Crippen molar-refractivity contribution in [3.05, 3.63) is 113 Å². The first-order valence-corrected chi connectivity index (χ1v) is 19.2. The molecule has 192 valence electrons. The summed E-state index contributed by atoms with van der Waals surface area (Å²) in [7, 11) is -4.18. The maximum Gasteiger partial charge on any atom is 0.242 e. The molecule has 4 heteroatoms.